The molecule has 0 unspecified atom stereocenters. The van der Waals surface area contributed by atoms with Crippen molar-refractivity contribution in [2.75, 3.05) is 11.9 Å². The van der Waals surface area contributed by atoms with Gasteiger partial charge in [0.1, 0.15) is 0 Å². The van der Waals surface area contributed by atoms with Crippen molar-refractivity contribution in [1.82, 2.24) is 0 Å². The number of carbonyl (C=O) groups excluding carboxylic acids is 3. The lowest BCUT2D eigenvalue weighted by molar-refractivity contribution is -0.137. The Morgan fingerprint density at radius 3 is 2.89 bits per heavy atom. The van der Waals surface area contributed by atoms with Crippen molar-refractivity contribution in [2.24, 2.45) is 0 Å². The maximum atomic E-state index is 11.4. The van der Waals surface area contributed by atoms with Gasteiger partial charge in [0.2, 0.25) is 0 Å². The van der Waals surface area contributed by atoms with Crippen LogP contribution in [0.2, 0.25) is 0 Å². The number of hydrogen-bond donors (Lipinski definition) is 1. The summed E-state index contributed by atoms with van der Waals surface area (Å²) in [6.45, 7) is 2.04. The van der Waals surface area contributed by atoms with Crippen molar-refractivity contribution in [3.8, 4) is 0 Å². The van der Waals surface area contributed by atoms with E-state index in [1.54, 1.807) is 31.2 Å². The smallest absolute Gasteiger partial charge is 0.330 e. The van der Waals surface area contributed by atoms with Crippen LogP contribution in [0.3, 0.4) is 0 Å². The van der Waals surface area contributed by atoms with Crippen LogP contribution in [0, 0.1) is 0 Å². The van der Waals surface area contributed by atoms with Crippen molar-refractivity contribution in [3.05, 3.63) is 35.4 Å². The van der Waals surface area contributed by atoms with Crippen LogP contribution in [0.15, 0.2) is 24.3 Å². The molecule has 1 aromatic carbocycles. The number of ether oxygens (including phenoxy) is 1. The van der Waals surface area contributed by atoms with Gasteiger partial charge in [-0.3, -0.25) is 9.59 Å². The summed E-state index contributed by atoms with van der Waals surface area (Å²) < 4.78 is 4.74. The van der Waals surface area contributed by atoms with E-state index in [0.717, 1.165) is 0 Å². The fourth-order valence-corrected chi connectivity index (χ4v) is 1.62. The van der Waals surface area contributed by atoms with E-state index in [0.29, 0.717) is 23.4 Å². The Morgan fingerprint density at radius 2 is 2.17 bits per heavy atom. The van der Waals surface area contributed by atoms with Crippen LogP contribution in [0.5, 0.6) is 0 Å². The summed E-state index contributed by atoms with van der Waals surface area (Å²) >= 11 is 0. The second-order valence-electron chi connectivity index (χ2n) is 3.67. The molecule has 0 bridgehead atoms. The molecule has 1 aliphatic heterocycles. The maximum Gasteiger partial charge on any atom is 0.330 e. The lowest BCUT2D eigenvalue weighted by Gasteiger charge is -1.99. The van der Waals surface area contributed by atoms with Crippen molar-refractivity contribution in [2.45, 2.75) is 6.92 Å². The van der Waals surface area contributed by atoms with Crippen LogP contribution >= 0.6 is 0 Å². The zero-order valence-corrected chi connectivity index (χ0v) is 9.73. The lowest BCUT2D eigenvalue weighted by Crippen LogP contribution is -2.12. The third-order valence-electron chi connectivity index (χ3n) is 2.44. The molecule has 1 heterocycles. The zero-order valence-electron chi connectivity index (χ0n) is 9.73. The average Bonchev–Trinajstić information content (AvgIpc) is 2.63. The summed E-state index contributed by atoms with van der Waals surface area (Å²) in [5, 5.41) is 2.46. The van der Waals surface area contributed by atoms with Gasteiger partial charge >= 0.3 is 5.97 Å². The minimum Gasteiger partial charge on any atom is -0.463 e. The Kier molecular flexibility index (Phi) is 3.23. The van der Waals surface area contributed by atoms with E-state index in [2.05, 4.69) is 5.32 Å². The highest BCUT2D eigenvalue weighted by molar-refractivity contribution is 6.51. The van der Waals surface area contributed by atoms with Crippen LogP contribution in [-0.4, -0.2) is 24.3 Å². The number of hydrogen-bond acceptors (Lipinski definition) is 4. The third kappa shape index (κ3) is 2.29. The predicted octanol–water partition coefficient (Wildman–Crippen LogP) is 1.40. The number of anilines is 1. The number of fused-ring (bicyclic) bond motifs is 1. The van der Waals surface area contributed by atoms with Gasteiger partial charge in [-0.2, -0.15) is 0 Å². The largest absolute Gasteiger partial charge is 0.463 e. The molecule has 1 aromatic rings. The van der Waals surface area contributed by atoms with Crippen LogP contribution in [0.25, 0.3) is 6.08 Å². The van der Waals surface area contributed by atoms with E-state index in [-0.39, 0.29) is 0 Å². The first-order valence-electron chi connectivity index (χ1n) is 5.46. The number of carbonyl (C=O) groups is 3. The molecule has 1 N–H and O–H groups in total. The molecule has 0 spiro atoms. The van der Waals surface area contributed by atoms with Gasteiger partial charge in [0, 0.05) is 6.08 Å². The number of nitrogens with one attached hydrogen (secondary N) is 1. The quantitative estimate of drug-likeness (QED) is 0.496. The summed E-state index contributed by atoms with van der Waals surface area (Å²) in [5.74, 6) is -1.60. The number of amides is 1. The van der Waals surface area contributed by atoms with Gasteiger partial charge < -0.3 is 10.1 Å². The molecule has 0 aliphatic carbocycles. The van der Waals surface area contributed by atoms with Crippen molar-refractivity contribution in [3.63, 3.8) is 0 Å². The van der Waals surface area contributed by atoms with Gasteiger partial charge in [-0.05, 0) is 30.7 Å². The summed E-state index contributed by atoms with van der Waals surface area (Å²) in [7, 11) is 0. The van der Waals surface area contributed by atoms with E-state index in [4.69, 9.17) is 4.74 Å². The molecule has 0 saturated heterocycles. The Hall–Kier alpha value is -2.43. The fourth-order valence-electron chi connectivity index (χ4n) is 1.62. The monoisotopic (exact) mass is 245 g/mol. The van der Waals surface area contributed by atoms with Gasteiger partial charge in [0.15, 0.2) is 0 Å². The highest BCUT2D eigenvalue weighted by Gasteiger charge is 2.27. The van der Waals surface area contributed by atoms with Crippen LogP contribution in [0.1, 0.15) is 22.8 Å². The van der Waals surface area contributed by atoms with E-state index in [1.165, 1.54) is 6.08 Å². The highest BCUT2D eigenvalue weighted by atomic mass is 16.5. The number of ketones is 1. The molecular formula is C13H11NO4. The predicted molar refractivity (Wildman–Crippen MR) is 65.1 cm³/mol. The molecule has 18 heavy (non-hydrogen) atoms. The van der Waals surface area contributed by atoms with Crippen molar-refractivity contribution >= 4 is 29.4 Å². The second kappa shape index (κ2) is 4.83. The maximum absolute atomic E-state index is 11.4. The van der Waals surface area contributed by atoms with Gasteiger partial charge in [0.05, 0.1) is 17.9 Å². The molecule has 5 heteroatoms. The number of esters is 1. The Morgan fingerprint density at radius 1 is 1.39 bits per heavy atom. The number of benzene rings is 1. The minimum absolute atomic E-state index is 0.317. The molecule has 0 aromatic heterocycles. The first-order chi connectivity index (χ1) is 8.61. The van der Waals surface area contributed by atoms with E-state index in [1.807, 2.05) is 0 Å². The summed E-state index contributed by atoms with van der Waals surface area (Å²) in [6, 6.07) is 4.85. The van der Waals surface area contributed by atoms with Gasteiger partial charge in [-0.25, -0.2) is 4.79 Å². The van der Waals surface area contributed by atoms with Crippen molar-refractivity contribution in [1.29, 1.82) is 0 Å². The normalized spacial score (nSPS) is 13.6. The number of rotatable bonds is 3. The molecule has 0 atom stereocenters. The molecule has 1 aliphatic rings. The molecule has 92 valence electrons. The third-order valence-corrected chi connectivity index (χ3v) is 2.44. The summed E-state index contributed by atoms with van der Waals surface area (Å²) in [4.78, 5) is 33.6. The zero-order chi connectivity index (χ0) is 13.1. The van der Waals surface area contributed by atoms with E-state index >= 15 is 0 Å². The topological polar surface area (TPSA) is 72.5 Å². The molecule has 0 saturated carbocycles. The lowest BCUT2D eigenvalue weighted by atomic mass is 10.1. The number of Topliss-reactive ketones (excluding diaryl/α,β-unsaturated/α-hetero) is 1. The van der Waals surface area contributed by atoms with E-state index < -0.39 is 17.7 Å². The van der Waals surface area contributed by atoms with Gasteiger partial charge in [0.25, 0.3) is 11.7 Å². The fraction of sp³-hybridized carbons (Fsp3) is 0.154. The Labute approximate surface area is 103 Å². The first kappa shape index (κ1) is 12.0. The molecular weight excluding hydrogens is 234 g/mol. The molecule has 1 amide bonds. The SMILES string of the molecule is CCOC(=O)C=Cc1ccc2c(c1)NC(=O)C2=O. The highest BCUT2D eigenvalue weighted by Crippen LogP contribution is 2.24. The first-order valence-corrected chi connectivity index (χ1v) is 5.46. The molecule has 0 fully saturated rings. The van der Waals surface area contributed by atoms with Crippen LogP contribution < -0.4 is 5.32 Å². The second-order valence-corrected chi connectivity index (χ2v) is 3.67. The van der Waals surface area contributed by atoms with Gasteiger partial charge in [-0.1, -0.05) is 6.07 Å². The van der Waals surface area contributed by atoms with Gasteiger partial charge in [-0.15, -0.1) is 0 Å². The Bertz CT molecular complexity index is 560. The molecule has 2 rings (SSSR count). The average molecular weight is 245 g/mol. The standard InChI is InChI=1S/C13H11NO4/c1-2-18-11(15)6-4-8-3-5-9-10(7-8)14-13(17)12(9)16/h3-7H,2H2,1H3,(H,14,16,17). The molecule has 5 nitrogen and oxygen atoms in total. The van der Waals surface area contributed by atoms with Crippen LogP contribution in [0.4, 0.5) is 5.69 Å². The molecule has 0 radical (unpaired) electrons. The minimum atomic E-state index is -0.628. The van der Waals surface area contributed by atoms with E-state index in [9.17, 15) is 14.4 Å². The summed E-state index contributed by atoms with van der Waals surface area (Å²) in [5.41, 5.74) is 1.53. The summed E-state index contributed by atoms with van der Waals surface area (Å²) in [6.07, 6.45) is 2.86. The van der Waals surface area contributed by atoms with Crippen molar-refractivity contribution < 1.29 is 19.1 Å². The van der Waals surface area contributed by atoms with Crippen LogP contribution in [-0.2, 0) is 14.3 Å². The Balaban J connectivity index is 2.19.